The van der Waals surface area contributed by atoms with Crippen LogP contribution in [0.2, 0.25) is 0 Å². The van der Waals surface area contributed by atoms with Crippen LogP contribution in [0.3, 0.4) is 0 Å². The van der Waals surface area contributed by atoms with Gasteiger partial charge in [0.1, 0.15) is 0 Å². The van der Waals surface area contributed by atoms with Crippen LogP contribution in [0, 0.1) is 5.92 Å². The van der Waals surface area contributed by atoms with Crippen LogP contribution in [0.1, 0.15) is 32.6 Å². The number of nitrogens with zero attached hydrogens (tertiary/aromatic N) is 2. The van der Waals surface area contributed by atoms with Crippen molar-refractivity contribution in [1.82, 2.24) is 9.80 Å². The molecule has 1 heterocycles. The van der Waals surface area contributed by atoms with E-state index in [4.69, 9.17) is 4.74 Å². The first-order valence-corrected chi connectivity index (χ1v) is 7.10. The molecule has 0 bridgehead atoms. The molecule has 0 unspecified atom stereocenters. The van der Waals surface area contributed by atoms with E-state index in [-0.39, 0.29) is 36.5 Å². The Labute approximate surface area is 120 Å². The third-order valence-electron chi connectivity index (χ3n) is 3.52. The van der Waals surface area contributed by atoms with Crippen LogP contribution in [0.5, 0.6) is 0 Å². The van der Waals surface area contributed by atoms with E-state index in [1.807, 2.05) is 0 Å². The van der Waals surface area contributed by atoms with Gasteiger partial charge in [-0.2, -0.15) is 0 Å². The van der Waals surface area contributed by atoms with Gasteiger partial charge < -0.3 is 14.5 Å². The molecule has 6 nitrogen and oxygen atoms in total. The molecule has 1 saturated heterocycles. The van der Waals surface area contributed by atoms with Gasteiger partial charge in [-0.15, -0.1) is 0 Å². The number of ether oxygens (including phenoxy) is 1. The Hall–Kier alpha value is -1.59. The van der Waals surface area contributed by atoms with Crippen LogP contribution in [0.4, 0.5) is 0 Å². The van der Waals surface area contributed by atoms with E-state index < -0.39 is 0 Å². The first kappa shape index (κ1) is 16.5. The largest absolute Gasteiger partial charge is 0.466 e. The van der Waals surface area contributed by atoms with Crippen LogP contribution >= 0.6 is 0 Å². The highest BCUT2D eigenvalue weighted by molar-refractivity contribution is 5.83. The van der Waals surface area contributed by atoms with Crippen molar-refractivity contribution < 1.29 is 19.1 Å². The highest BCUT2D eigenvalue weighted by Crippen LogP contribution is 2.19. The predicted octanol–water partition coefficient (Wildman–Crippen LogP) is 0.656. The average molecular weight is 284 g/mol. The van der Waals surface area contributed by atoms with E-state index in [9.17, 15) is 14.4 Å². The summed E-state index contributed by atoms with van der Waals surface area (Å²) in [6.07, 6.45) is 1.77. The third kappa shape index (κ3) is 4.83. The number of carbonyl (C=O) groups excluding carboxylic acids is 3. The molecule has 0 saturated carbocycles. The maximum atomic E-state index is 12.0. The van der Waals surface area contributed by atoms with Crippen LogP contribution in [-0.4, -0.2) is 61.4 Å². The summed E-state index contributed by atoms with van der Waals surface area (Å²) in [7, 11) is 3.36. The van der Waals surface area contributed by atoms with Crippen LogP contribution in [-0.2, 0) is 19.1 Å². The number of carbonyl (C=O) groups is 3. The first-order valence-electron chi connectivity index (χ1n) is 7.10. The summed E-state index contributed by atoms with van der Waals surface area (Å²) in [5.41, 5.74) is 0. The zero-order valence-electron chi connectivity index (χ0n) is 12.6. The van der Waals surface area contributed by atoms with Crippen molar-refractivity contribution >= 4 is 17.8 Å². The van der Waals surface area contributed by atoms with Crippen LogP contribution in [0.25, 0.3) is 0 Å². The van der Waals surface area contributed by atoms with Crippen LogP contribution in [0.15, 0.2) is 0 Å². The molecule has 114 valence electrons. The summed E-state index contributed by atoms with van der Waals surface area (Å²) in [5.74, 6) is -0.313. The highest BCUT2D eigenvalue weighted by atomic mass is 16.5. The maximum absolute atomic E-state index is 12.0. The lowest BCUT2D eigenvalue weighted by Crippen LogP contribution is -2.41. The molecule has 0 N–H and O–H groups in total. The van der Waals surface area contributed by atoms with Gasteiger partial charge >= 0.3 is 5.97 Å². The molecule has 1 rings (SSSR count). The zero-order chi connectivity index (χ0) is 15.1. The number of hydrogen-bond donors (Lipinski definition) is 0. The molecule has 0 aromatic heterocycles. The Balaban J connectivity index is 2.32. The lowest BCUT2D eigenvalue weighted by molar-refractivity contribution is -0.151. The lowest BCUT2D eigenvalue weighted by Gasteiger charge is -2.31. The van der Waals surface area contributed by atoms with Gasteiger partial charge in [-0.05, 0) is 19.8 Å². The molecule has 2 amide bonds. The topological polar surface area (TPSA) is 66.9 Å². The average Bonchev–Trinajstić information content (AvgIpc) is 2.44. The van der Waals surface area contributed by atoms with Crippen molar-refractivity contribution in [3.8, 4) is 0 Å². The SMILES string of the molecule is CCOC(=O)C1CCN(C(=O)CCC(=O)N(C)C)CC1. The Morgan fingerprint density at radius 2 is 1.75 bits per heavy atom. The van der Waals surface area contributed by atoms with Crippen molar-refractivity contribution in [2.45, 2.75) is 32.6 Å². The molecule has 0 atom stereocenters. The van der Waals surface area contributed by atoms with E-state index in [1.165, 1.54) is 4.90 Å². The Morgan fingerprint density at radius 3 is 2.25 bits per heavy atom. The van der Waals surface area contributed by atoms with Crippen molar-refractivity contribution in [3.05, 3.63) is 0 Å². The number of piperidine rings is 1. The van der Waals surface area contributed by atoms with Crippen molar-refractivity contribution in [2.24, 2.45) is 5.92 Å². The fourth-order valence-electron chi connectivity index (χ4n) is 2.22. The minimum atomic E-state index is -0.164. The number of rotatable bonds is 5. The fourth-order valence-corrected chi connectivity index (χ4v) is 2.22. The molecule has 20 heavy (non-hydrogen) atoms. The molecule has 0 radical (unpaired) electrons. The second-order valence-corrected chi connectivity index (χ2v) is 5.20. The Kier molecular flexibility index (Phi) is 6.48. The van der Waals surface area contributed by atoms with E-state index in [0.717, 1.165) is 0 Å². The molecule has 1 aliphatic heterocycles. The molecular formula is C14H24N2O4. The van der Waals surface area contributed by atoms with Gasteiger partial charge in [0.2, 0.25) is 11.8 Å². The molecule has 0 aromatic rings. The quantitative estimate of drug-likeness (QED) is 0.695. The van der Waals surface area contributed by atoms with E-state index >= 15 is 0 Å². The van der Waals surface area contributed by atoms with Gasteiger partial charge in [-0.3, -0.25) is 14.4 Å². The molecule has 1 fully saturated rings. The highest BCUT2D eigenvalue weighted by Gasteiger charge is 2.28. The molecule has 0 aliphatic carbocycles. The van der Waals surface area contributed by atoms with Gasteiger partial charge in [-0.1, -0.05) is 0 Å². The first-order chi connectivity index (χ1) is 9.45. The maximum Gasteiger partial charge on any atom is 0.309 e. The molecule has 1 aliphatic rings. The number of amides is 2. The summed E-state index contributed by atoms with van der Waals surface area (Å²) in [5, 5.41) is 0. The lowest BCUT2D eigenvalue weighted by atomic mass is 9.96. The van der Waals surface area contributed by atoms with Crippen molar-refractivity contribution in [2.75, 3.05) is 33.8 Å². The molecule has 0 aromatic carbocycles. The van der Waals surface area contributed by atoms with Gasteiger partial charge in [0.05, 0.1) is 12.5 Å². The minimum Gasteiger partial charge on any atom is -0.466 e. The second-order valence-electron chi connectivity index (χ2n) is 5.20. The van der Waals surface area contributed by atoms with Gasteiger partial charge in [-0.25, -0.2) is 0 Å². The number of esters is 1. The zero-order valence-corrected chi connectivity index (χ0v) is 12.6. The normalized spacial score (nSPS) is 15.8. The molecular weight excluding hydrogens is 260 g/mol. The van der Waals surface area contributed by atoms with E-state index in [2.05, 4.69) is 0 Å². The minimum absolute atomic E-state index is 0.0116. The predicted molar refractivity (Wildman–Crippen MR) is 73.9 cm³/mol. The van der Waals surface area contributed by atoms with Crippen molar-refractivity contribution in [1.29, 1.82) is 0 Å². The summed E-state index contributed by atoms with van der Waals surface area (Å²) in [6, 6.07) is 0. The van der Waals surface area contributed by atoms with Gasteiger partial charge in [0.25, 0.3) is 0 Å². The van der Waals surface area contributed by atoms with Gasteiger partial charge in [0, 0.05) is 40.0 Å². The van der Waals surface area contributed by atoms with Crippen molar-refractivity contribution in [3.63, 3.8) is 0 Å². The summed E-state index contributed by atoms with van der Waals surface area (Å²) in [6.45, 7) is 3.32. The summed E-state index contributed by atoms with van der Waals surface area (Å²) in [4.78, 5) is 38.2. The Morgan fingerprint density at radius 1 is 1.15 bits per heavy atom. The standard InChI is InChI=1S/C14H24N2O4/c1-4-20-14(19)11-7-9-16(10-8-11)13(18)6-5-12(17)15(2)3/h11H,4-10H2,1-3H3. The summed E-state index contributed by atoms with van der Waals surface area (Å²) < 4.78 is 4.99. The van der Waals surface area contributed by atoms with Gasteiger partial charge in [0.15, 0.2) is 0 Å². The fraction of sp³-hybridized carbons (Fsp3) is 0.786. The number of hydrogen-bond acceptors (Lipinski definition) is 4. The smallest absolute Gasteiger partial charge is 0.309 e. The summed E-state index contributed by atoms with van der Waals surface area (Å²) >= 11 is 0. The second kappa shape index (κ2) is 7.87. The van der Waals surface area contributed by atoms with E-state index in [0.29, 0.717) is 32.5 Å². The molecule has 6 heteroatoms. The number of likely N-dealkylation sites (tertiary alicyclic amines) is 1. The molecule has 0 spiro atoms. The van der Waals surface area contributed by atoms with Crippen LogP contribution < -0.4 is 0 Å². The third-order valence-corrected chi connectivity index (χ3v) is 3.52. The van der Waals surface area contributed by atoms with E-state index in [1.54, 1.807) is 25.9 Å². The Bertz CT molecular complexity index is 360. The monoisotopic (exact) mass is 284 g/mol.